The molecule has 0 saturated heterocycles. The number of fused-ring (bicyclic) bond motifs is 1. The van der Waals surface area contributed by atoms with E-state index in [1.165, 1.54) is 0 Å². The van der Waals surface area contributed by atoms with Crippen molar-refractivity contribution in [3.05, 3.63) is 75.3 Å². The number of halogens is 1. The average Bonchev–Trinajstić information content (AvgIpc) is 2.46. The van der Waals surface area contributed by atoms with E-state index < -0.39 is 0 Å². The largest absolute Gasteiger partial charge is 0.306 e. The van der Waals surface area contributed by atoms with Gasteiger partial charge in [0.2, 0.25) is 0 Å². The summed E-state index contributed by atoms with van der Waals surface area (Å²) in [4.78, 5) is 19.1. The van der Waals surface area contributed by atoms with E-state index in [0.29, 0.717) is 21.7 Å². The second kappa shape index (κ2) is 5.31. The van der Waals surface area contributed by atoms with Gasteiger partial charge in [-0.2, -0.15) is 0 Å². The Morgan fingerprint density at radius 3 is 2.60 bits per heavy atom. The number of aromatic nitrogens is 2. The van der Waals surface area contributed by atoms with Crippen LogP contribution < -0.4 is 5.56 Å². The van der Waals surface area contributed by atoms with Crippen molar-refractivity contribution in [3.8, 4) is 0 Å². The normalized spacial score (nSPS) is 11.2. The van der Waals surface area contributed by atoms with E-state index in [2.05, 4.69) is 9.97 Å². The van der Waals surface area contributed by atoms with Crippen molar-refractivity contribution in [1.29, 1.82) is 0 Å². The predicted octanol–water partition coefficient (Wildman–Crippen LogP) is 3.75. The highest BCUT2D eigenvalue weighted by molar-refractivity contribution is 6.32. The van der Waals surface area contributed by atoms with Gasteiger partial charge in [0.05, 0.1) is 10.9 Å². The molecule has 0 radical (unpaired) electrons. The Balaban J connectivity index is 2.04. The Kier molecular flexibility index (Phi) is 3.35. The van der Waals surface area contributed by atoms with Crippen LogP contribution in [0.1, 0.15) is 11.4 Å². The lowest BCUT2D eigenvalue weighted by molar-refractivity contribution is 1.14. The summed E-state index contributed by atoms with van der Waals surface area (Å²) in [5.74, 6) is 0.508. The van der Waals surface area contributed by atoms with Crippen LogP contribution in [0.5, 0.6) is 0 Å². The summed E-state index contributed by atoms with van der Waals surface area (Å²) in [7, 11) is 0. The third kappa shape index (κ3) is 2.49. The van der Waals surface area contributed by atoms with E-state index in [4.69, 9.17) is 11.6 Å². The molecule has 3 rings (SSSR count). The maximum atomic E-state index is 11.9. The van der Waals surface area contributed by atoms with E-state index in [0.717, 1.165) is 5.56 Å². The first kappa shape index (κ1) is 12.6. The molecule has 0 aliphatic carbocycles. The highest BCUT2D eigenvalue weighted by atomic mass is 35.5. The molecule has 0 aliphatic heterocycles. The van der Waals surface area contributed by atoms with Gasteiger partial charge in [-0.05, 0) is 35.9 Å². The lowest BCUT2D eigenvalue weighted by atomic mass is 10.2. The van der Waals surface area contributed by atoms with Crippen molar-refractivity contribution in [3.63, 3.8) is 0 Å². The fourth-order valence-electron chi connectivity index (χ4n) is 1.96. The van der Waals surface area contributed by atoms with Gasteiger partial charge in [-0.25, -0.2) is 4.98 Å². The summed E-state index contributed by atoms with van der Waals surface area (Å²) in [6.45, 7) is 0. The second-order valence-electron chi connectivity index (χ2n) is 4.32. The monoisotopic (exact) mass is 282 g/mol. The van der Waals surface area contributed by atoms with Crippen molar-refractivity contribution in [2.45, 2.75) is 0 Å². The third-order valence-corrected chi connectivity index (χ3v) is 3.30. The molecule has 0 spiro atoms. The van der Waals surface area contributed by atoms with Crippen LogP contribution in [0, 0.1) is 0 Å². The Morgan fingerprint density at radius 1 is 1.00 bits per heavy atom. The zero-order valence-corrected chi connectivity index (χ0v) is 11.3. The van der Waals surface area contributed by atoms with Gasteiger partial charge >= 0.3 is 0 Å². The van der Waals surface area contributed by atoms with Gasteiger partial charge in [0.1, 0.15) is 5.82 Å². The van der Waals surface area contributed by atoms with E-state index in [1.807, 2.05) is 48.5 Å². The number of hydrogen-bond acceptors (Lipinski definition) is 2. The number of benzene rings is 2. The van der Waals surface area contributed by atoms with Gasteiger partial charge in [-0.15, -0.1) is 0 Å². The first-order chi connectivity index (χ1) is 9.74. The van der Waals surface area contributed by atoms with Crippen LogP contribution >= 0.6 is 11.6 Å². The molecule has 0 unspecified atom stereocenters. The van der Waals surface area contributed by atoms with Gasteiger partial charge < -0.3 is 4.98 Å². The fourth-order valence-corrected chi connectivity index (χ4v) is 2.16. The maximum Gasteiger partial charge on any atom is 0.259 e. The highest BCUT2D eigenvalue weighted by Gasteiger charge is 2.00. The van der Waals surface area contributed by atoms with Gasteiger partial charge in [0.25, 0.3) is 5.56 Å². The quantitative estimate of drug-likeness (QED) is 0.778. The summed E-state index contributed by atoms with van der Waals surface area (Å²) in [6.07, 6.45) is 3.57. The molecule has 1 N–H and O–H groups in total. The van der Waals surface area contributed by atoms with Gasteiger partial charge in [-0.1, -0.05) is 41.9 Å². The number of aromatic amines is 1. The molecule has 0 fully saturated rings. The lowest BCUT2D eigenvalue weighted by Gasteiger charge is -1.99. The van der Waals surface area contributed by atoms with Gasteiger partial charge in [-0.3, -0.25) is 4.79 Å². The summed E-state index contributed by atoms with van der Waals surface area (Å²) in [6, 6.07) is 14.7. The molecule has 1 heterocycles. The molecule has 3 nitrogen and oxygen atoms in total. The van der Waals surface area contributed by atoms with Crippen molar-refractivity contribution in [2.24, 2.45) is 0 Å². The molecule has 3 aromatic rings. The SMILES string of the molecule is O=c1[nH]c(/C=C/c2ccccc2Cl)nc2ccccc12. The molecule has 1 aromatic heterocycles. The minimum atomic E-state index is -0.144. The second-order valence-corrected chi connectivity index (χ2v) is 4.73. The fraction of sp³-hybridized carbons (Fsp3) is 0. The Labute approximate surface area is 120 Å². The van der Waals surface area contributed by atoms with Crippen molar-refractivity contribution in [1.82, 2.24) is 9.97 Å². The molecule has 0 bridgehead atoms. The number of nitrogens with zero attached hydrogens (tertiary/aromatic N) is 1. The summed E-state index contributed by atoms with van der Waals surface area (Å²) < 4.78 is 0. The first-order valence-corrected chi connectivity index (χ1v) is 6.53. The molecule has 4 heteroatoms. The van der Waals surface area contributed by atoms with E-state index in [9.17, 15) is 4.79 Å². The van der Waals surface area contributed by atoms with Crippen LogP contribution in [-0.4, -0.2) is 9.97 Å². The third-order valence-electron chi connectivity index (χ3n) is 2.96. The number of nitrogens with one attached hydrogen (secondary N) is 1. The van der Waals surface area contributed by atoms with Crippen molar-refractivity contribution in [2.75, 3.05) is 0 Å². The molecule has 0 aliphatic rings. The molecule has 0 saturated carbocycles. The molecular formula is C16H11ClN2O. The Hall–Kier alpha value is -2.39. The molecule has 98 valence electrons. The summed E-state index contributed by atoms with van der Waals surface area (Å²) in [5.41, 5.74) is 1.41. The predicted molar refractivity (Wildman–Crippen MR) is 82.7 cm³/mol. The topological polar surface area (TPSA) is 45.8 Å². The van der Waals surface area contributed by atoms with Crippen LogP contribution in [0.15, 0.2) is 53.3 Å². The van der Waals surface area contributed by atoms with E-state index >= 15 is 0 Å². The molecule has 0 atom stereocenters. The average molecular weight is 283 g/mol. The van der Waals surface area contributed by atoms with Crippen molar-refractivity contribution < 1.29 is 0 Å². The zero-order chi connectivity index (χ0) is 13.9. The summed E-state index contributed by atoms with van der Waals surface area (Å²) >= 11 is 6.07. The van der Waals surface area contributed by atoms with Crippen LogP contribution in [0.3, 0.4) is 0 Å². The zero-order valence-electron chi connectivity index (χ0n) is 10.5. The molecular weight excluding hydrogens is 272 g/mol. The highest BCUT2D eigenvalue weighted by Crippen LogP contribution is 2.17. The standard InChI is InChI=1S/C16H11ClN2O/c17-13-7-3-1-5-11(13)9-10-15-18-14-8-4-2-6-12(14)16(20)19-15/h1-10H,(H,18,19,20)/b10-9+. The molecule has 20 heavy (non-hydrogen) atoms. The number of rotatable bonds is 2. The first-order valence-electron chi connectivity index (χ1n) is 6.16. The van der Waals surface area contributed by atoms with Gasteiger partial charge in [0, 0.05) is 5.02 Å². The van der Waals surface area contributed by atoms with Crippen LogP contribution in [0.2, 0.25) is 5.02 Å². The van der Waals surface area contributed by atoms with Crippen LogP contribution in [0.4, 0.5) is 0 Å². The van der Waals surface area contributed by atoms with E-state index in [-0.39, 0.29) is 5.56 Å². The van der Waals surface area contributed by atoms with E-state index in [1.54, 1.807) is 12.1 Å². The Bertz CT molecular complexity index is 852. The number of hydrogen-bond donors (Lipinski definition) is 1. The van der Waals surface area contributed by atoms with Crippen molar-refractivity contribution >= 4 is 34.7 Å². The summed E-state index contributed by atoms with van der Waals surface area (Å²) in [5, 5.41) is 1.24. The minimum Gasteiger partial charge on any atom is -0.306 e. The Morgan fingerprint density at radius 2 is 1.75 bits per heavy atom. The van der Waals surface area contributed by atoms with Gasteiger partial charge in [0.15, 0.2) is 0 Å². The van der Waals surface area contributed by atoms with Crippen LogP contribution in [0.25, 0.3) is 23.1 Å². The minimum absolute atomic E-state index is 0.144. The maximum absolute atomic E-state index is 11.9. The smallest absolute Gasteiger partial charge is 0.259 e. The number of H-pyrrole nitrogens is 1. The number of para-hydroxylation sites is 1. The van der Waals surface area contributed by atoms with Crippen LogP contribution in [-0.2, 0) is 0 Å². The molecule has 0 amide bonds. The molecule has 2 aromatic carbocycles. The lowest BCUT2D eigenvalue weighted by Crippen LogP contribution is -2.09.